The highest BCUT2D eigenvalue weighted by atomic mass is 15.1. The topological polar surface area (TPSA) is 63.8 Å². The van der Waals surface area contributed by atoms with Gasteiger partial charge in [0.2, 0.25) is 5.95 Å². The molecule has 20 heavy (non-hydrogen) atoms. The van der Waals surface area contributed by atoms with Crippen molar-refractivity contribution in [1.29, 1.82) is 0 Å². The Bertz CT molecular complexity index is 542. The van der Waals surface area contributed by atoms with Crippen molar-refractivity contribution in [3.63, 3.8) is 0 Å². The molecule has 1 aliphatic carbocycles. The monoisotopic (exact) mass is 268 g/mol. The summed E-state index contributed by atoms with van der Waals surface area (Å²) >= 11 is 0. The molecule has 2 aromatic rings. The van der Waals surface area contributed by atoms with E-state index in [1.807, 2.05) is 36.7 Å². The Labute approximate surface area is 119 Å². The van der Waals surface area contributed by atoms with E-state index in [4.69, 9.17) is 5.73 Å². The number of anilines is 2. The molecule has 0 bridgehead atoms. The summed E-state index contributed by atoms with van der Waals surface area (Å²) in [6.45, 7) is 0. The largest absolute Gasteiger partial charge is 0.399 e. The van der Waals surface area contributed by atoms with Crippen LogP contribution in [0.25, 0.3) is 11.1 Å². The van der Waals surface area contributed by atoms with E-state index < -0.39 is 0 Å². The van der Waals surface area contributed by atoms with Gasteiger partial charge in [-0.25, -0.2) is 9.97 Å². The normalized spacial score (nSPS) is 16.0. The highest BCUT2D eigenvalue weighted by Gasteiger charge is 2.13. The predicted molar refractivity (Wildman–Crippen MR) is 82.4 cm³/mol. The standard InChI is InChI=1S/C16H20N4/c17-14-8-6-12(7-9-14)13-10-18-16(19-11-13)20-15-4-2-1-3-5-15/h6-11,15H,1-5,17H2,(H,18,19,20). The molecule has 0 atom stereocenters. The average Bonchev–Trinajstić information content (AvgIpc) is 2.50. The third-order valence-electron chi connectivity index (χ3n) is 3.83. The molecule has 0 aliphatic heterocycles. The minimum absolute atomic E-state index is 0.533. The average molecular weight is 268 g/mol. The lowest BCUT2D eigenvalue weighted by Gasteiger charge is -2.22. The van der Waals surface area contributed by atoms with Crippen LogP contribution in [0.15, 0.2) is 36.7 Å². The van der Waals surface area contributed by atoms with Gasteiger partial charge in [-0.1, -0.05) is 31.4 Å². The summed E-state index contributed by atoms with van der Waals surface area (Å²) in [5, 5.41) is 3.43. The smallest absolute Gasteiger partial charge is 0.222 e. The molecule has 1 aromatic carbocycles. The molecule has 1 aromatic heterocycles. The van der Waals surface area contributed by atoms with Gasteiger partial charge < -0.3 is 11.1 Å². The molecule has 1 fully saturated rings. The van der Waals surface area contributed by atoms with Gasteiger partial charge in [-0.2, -0.15) is 0 Å². The Morgan fingerprint density at radius 1 is 0.900 bits per heavy atom. The first kappa shape index (κ1) is 12.9. The van der Waals surface area contributed by atoms with Gasteiger partial charge in [0, 0.05) is 29.7 Å². The van der Waals surface area contributed by atoms with E-state index in [2.05, 4.69) is 15.3 Å². The molecule has 3 rings (SSSR count). The molecule has 0 unspecified atom stereocenters. The van der Waals surface area contributed by atoms with Crippen LogP contribution in [-0.4, -0.2) is 16.0 Å². The summed E-state index contributed by atoms with van der Waals surface area (Å²) in [4.78, 5) is 8.84. The van der Waals surface area contributed by atoms with Crippen LogP contribution in [0.5, 0.6) is 0 Å². The van der Waals surface area contributed by atoms with Gasteiger partial charge in [-0.15, -0.1) is 0 Å². The molecule has 3 N–H and O–H groups in total. The lowest BCUT2D eigenvalue weighted by molar-refractivity contribution is 0.461. The van der Waals surface area contributed by atoms with E-state index in [0.29, 0.717) is 6.04 Å². The van der Waals surface area contributed by atoms with Crippen molar-refractivity contribution >= 4 is 11.6 Å². The summed E-state index contributed by atoms with van der Waals surface area (Å²) in [6, 6.07) is 8.29. The first-order valence-corrected chi connectivity index (χ1v) is 7.26. The Morgan fingerprint density at radius 2 is 1.55 bits per heavy atom. The van der Waals surface area contributed by atoms with Crippen LogP contribution in [0, 0.1) is 0 Å². The zero-order chi connectivity index (χ0) is 13.8. The van der Waals surface area contributed by atoms with E-state index >= 15 is 0 Å². The molecule has 0 amide bonds. The van der Waals surface area contributed by atoms with Crippen molar-refractivity contribution in [2.75, 3.05) is 11.1 Å². The number of hydrogen-bond acceptors (Lipinski definition) is 4. The van der Waals surface area contributed by atoms with Crippen molar-refractivity contribution in [3.8, 4) is 11.1 Å². The predicted octanol–water partition coefficient (Wildman–Crippen LogP) is 3.47. The van der Waals surface area contributed by atoms with Gasteiger partial charge >= 0.3 is 0 Å². The number of rotatable bonds is 3. The number of aromatic nitrogens is 2. The van der Waals surface area contributed by atoms with Gasteiger partial charge in [-0.05, 0) is 30.5 Å². The van der Waals surface area contributed by atoms with E-state index in [-0.39, 0.29) is 0 Å². The summed E-state index contributed by atoms with van der Waals surface area (Å²) in [6.07, 6.45) is 10.1. The van der Waals surface area contributed by atoms with Crippen molar-refractivity contribution < 1.29 is 0 Å². The lowest BCUT2D eigenvalue weighted by Crippen LogP contribution is -2.23. The maximum Gasteiger partial charge on any atom is 0.222 e. The van der Waals surface area contributed by atoms with Gasteiger partial charge in [0.15, 0.2) is 0 Å². The number of nitrogens with two attached hydrogens (primary N) is 1. The zero-order valence-electron chi connectivity index (χ0n) is 11.5. The van der Waals surface area contributed by atoms with Crippen LogP contribution in [0.3, 0.4) is 0 Å². The maximum atomic E-state index is 5.69. The van der Waals surface area contributed by atoms with E-state index in [1.54, 1.807) is 0 Å². The molecule has 0 radical (unpaired) electrons. The molecular weight excluding hydrogens is 248 g/mol. The summed E-state index contributed by atoms with van der Waals surface area (Å²) in [7, 11) is 0. The SMILES string of the molecule is Nc1ccc(-c2cnc(NC3CCCCC3)nc2)cc1. The van der Waals surface area contributed by atoms with Gasteiger partial charge in [-0.3, -0.25) is 0 Å². The van der Waals surface area contributed by atoms with Crippen molar-refractivity contribution in [2.24, 2.45) is 0 Å². The fraction of sp³-hybridized carbons (Fsp3) is 0.375. The van der Waals surface area contributed by atoms with Crippen LogP contribution in [0.4, 0.5) is 11.6 Å². The molecule has 1 saturated carbocycles. The number of nitrogens with zero attached hydrogens (tertiary/aromatic N) is 2. The first-order chi connectivity index (χ1) is 9.81. The van der Waals surface area contributed by atoms with Crippen LogP contribution in [0.1, 0.15) is 32.1 Å². The summed E-state index contributed by atoms with van der Waals surface area (Å²) in [5.41, 5.74) is 8.56. The van der Waals surface area contributed by atoms with E-state index in [0.717, 1.165) is 22.8 Å². The quantitative estimate of drug-likeness (QED) is 0.837. The van der Waals surface area contributed by atoms with E-state index in [1.165, 1.54) is 32.1 Å². The zero-order valence-corrected chi connectivity index (χ0v) is 11.5. The van der Waals surface area contributed by atoms with Gasteiger partial charge in [0.05, 0.1) is 0 Å². The fourth-order valence-corrected chi connectivity index (χ4v) is 2.66. The summed E-state index contributed by atoms with van der Waals surface area (Å²) < 4.78 is 0. The van der Waals surface area contributed by atoms with E-state index in [9.17, 15) is 0 Å². The third kappa shape index (κ3) is 3.07. The molecular formula is C16H20N4. The second kappa shape index (κ2) is 5.90. The highest BCUT2D eigenvalue weighted by Crippen LogP contribution is 2.22. The molecule has 1 heterocycles. The van der Waals surface area contributed by atoms with Gasteiger partial charge in [0.25, 0.3) is 0 Å². The number of nitrogen functional groups attached to an aromatic ring is 1. The Kier molecular flexibility index (Phi) is 3.81. The Morgan fingerprint density at radius 3 is 2.20 bits per heavy atom. The molecule has 104 valence electrons. The van der Waals surface area contributed by atoms with Crippen molar-refractivity contribution in [2.45, 2.75) is 38.1 Å². The Balaban J connectivity index is 1.69. The second-order valence-electron chi connectivity index (χ2n) is 5.40. The van der Waals surface area contributed by atoms with Crippen molar-refractivity contribution in [1.82, 2.24) is 9.97 Å². The highest BCUT2D eigenvalue weighted by molar-refractivity contribution is 5.64. The Hall–Kier alpha value is -2.10. The second-order valence-corrected chi connectivity index (χ2v) is 5.40. The molecule has 0 saturated heterocycles. The summed E-state index contributed by atoms with van der Waals surface area (Å²) in [5.74, 6) is 0.732. The molecule has 4 heteroatoms. The minimum Gasteiger partial charge on any atom is -0.399 e. The van der Waals surface area contributed by atoms with Crippen molar-refractivity contribution in [3.05, 3.63) is 36.7 Å². The number of benzene rings is 1. The fourth-order valence-electron chi connectivity index (χ4n) is 2.66. The van der Waals surface area contributed by atoms with Crippen LogP contribution in [-0.2, 0) is 0 Å². The maximum absolute atomic E-state index is 5.69. The van der Waals surface area contributed by atoms with Crippen LogP contribution in [0.2, 0.25) is 0 Å². The third-order valence-corrected chi connectivity index (χ3v) is 3.83. The lowest BCUT2D eigenvalue weighted by atomic mass is 9.96. The van der Waals surface area contributed by atoms with Gasteiger partial charge in [0.1, 0.15) is 0 Å². The number of hydrogen-bond donors (Lipinski definition) is 2. The first-order valence-electron chi connectivity index (χ1n) is 7.26. The molecule has 1 aliphatic rings. The number of nitrogens with one attached hydrogen (secondary N) is 1. The van der Waals surface area contributed by atoms with Crippen LogP contribution >= 0.6 is 0 Å². The molecule has 4 nitrogen and oxygen atoms in total. The molecule has 0 spiro atoms. The van der Waals surface area contributed by atoms with Crippen LogP contribution < -0.4 is 11.1 Å². The minimum atomic E-state index is 0.533.